The molecule has 0 aliphatic rings. The molecule has 0 radical (unpaired) electrons. The fraction of sp³-hybridized carbons (Fsp3) is 0.143. The number of furan rings is 1. The summed E-state index contributed by atoms with van der Waals surface area (Å²) in [5, 5.41) is 7.27. The van der Waals surface area contributed by atoms with Crippen LogP contribution >= 0.6 is 11.3 Å². The van der Waals surface area contributed by atoms with Gasteiger partial charge in [0.1, 0.15) is 0 Å². The van der Waals surface area contributed by atoms with Crippen molar-refractivity contribution in [1.82, 2.24) is 10.6 Å². The summed E-state index contributed by atoms with van der Waals surface area (Å²) >= 11 is 1.56. The third-order valence-electron chi connectivity index (χ3n) is 2.40. The maximum atomic E-state index is 11.5. The molecule has 20 heavy (non-hydrogen) atoms. The maximum absolute atomic E-state index is 11.5. The first-order valence-electron chi connectivity index (χ1n) is 6.07. The average molecular weight is 290 g/mol. The van der Waals surface area contributed by atoms with E-state index >= 15 is 0 Å². The molecule has 2 amide bonds. The van der Waals surface area contributed by atoms with Crippen LogP contribution < -0.4 is 10.6 Å². The van der Waals surface area contributed by atoms with Gasteiger partial charge in [-0.05, 0) is 29.7 Å². The molecule has 0 unspecified atom stereocenters. The number of hydrogen-bond acceptors (Lipinski definition) is 4. The number of carbonyl (C=O) groups excluding carboxylic acids is 2. The Labute approximate surface area is 120 Å². The lowest BCUT2D eigenvalue weighted by atomic mass is 10.4. The van der Waals surface area contributed by atoms with Crippen molar-refractivity contribution in [2.45, 2.75) is 0 Å². The molecule has 0 aliphatic heterocycles. The SMILES string of the molecule is O=C(/C=C/c1cccs1)NCCNC(=O)c1ccco1. The smallest absolute Gasteiger partial charge is 0.287 e. The van der Waals surface area contributed by atoms with Gasteiger partial charge in [0.2, 0.25) is 5.91 Å². The topological polar surface area (TPSA) is 71.3 Å². The molecule has 0 aromatic carbocycles. The Morgan fingerprint density at radius 2 is 2.05 bits per heavy atom. The first kappa shape index (κ1) is 14.1. The highest BCUT2D eigenvalue weighted by atomic mass is 32.1. The summed E-state index contributed by atoms with van der Waals surface area (Å²) in [5.41, 5.74) is 0. The molecule has 5 nitrogen and oxygen atoms in total. The highest BCUT2D eigenvalue weighted by molar-refractivity contribution is 7.10. The number of nitrogens with one attached hydrogen (secondary N) is 2. The van der Waals surface area contributed by atoms with Gasteiger partial charge in [0.15, 0.2) is 5.76 Å². The van der Waals surface area contributed by atoms with Gasteiger partial charge in [-0.15, -0.1) is 11.3 Å². The van der Waals surface area contributed by atoms with Gasteiger partial charge in [0.25, 0.3) is 5.91 Å². The molecular weight excluding hydrogens is 276 g/mol. The molecule has 2 heterocycles. The number of rotatable bonds is 6. The Kier molecular flexibility index (Phi) is 5.14. The molecule has 0 fully saturated rings. The quantitative estimate of drug-likeness (QED) is 0.630. The fourth-order valence-electron chi connectivity index (χ4n) is 1.46. The van der Waals surface area contributed by atoms with Gasteiger partial charge >= 0.3 is 0 Å². The van der Waals surface area contributed by atoms with Gasteiger partial charge in [-0.1, -0.05) is 6.07 Å². The van der Waals surface area contributed by atoms with Crippen LogP contribution in [0.1, 0.15) is 15.4 Å². The zero-order chi connectivity index (χ0) is 14.2. The first-order valence-corrected chi connectivity index (χ1v) is 6.95. The molecule has 2 aromatic rings. The number of amides is 2. The second-order valence-corrected chi connectivity index (χ2v) is 4.85. The summed E-state index contributed by atoms with van der Waals surface area (Å²) in [4.78, 5) is 24.0. The van der Waals surface area contributed by atoms with Crippen LogP contribution in [0.4, 0.5) is 0 Å². The van der Waals surface area contributed by atoms with Crippen LogP contribution in [0, 0.1) is 0 Å². The predicted molar refractivity (Wildman–Crippen MR) is 77.4 cm³/mol. The van der Waals surface area contributed by atoms with Crippen LogP contribution in [0.3, 0.4) is 0 Å². The van der Waals surface area contributed by atoms with E-state index in [1.54, 1.807) is 29.5 Å². The molecule has 2 N–H and O–H groups in total. The van der Waals surface area contributed by atoms with Gasteiger partial charge in [-0.25, -0.2) is 0 Å². The van der Waals surface area contributed by atoms with Crippen LogP contribution in [0.5, 0.6) is 0 Å². The van der Waals surface area contributed by atoms with Gasteiger partial charge in [-0.3, -0.25) is 9.59 Å². The van der Waals surface area contributed by atoms with Crippen LogP contribution in [-0.2, 0) is 4.79 Å². The van der Waals surface area contributed by atoms with E-state index in [2.05, 4.69) is 10.6 Å². The van der Waals surface area contributed by atoms with Crippen LogP contribution in [0.2, 0.25) is 0 Å². The molecule has 0 saturated carbocycles. The summed E-state index contributed by atoms with van der Waals surface area (Å²) < 4.78 is 4.94. The summed E-state index contributed by atoms with van der Waals surface area (Å²) in [6, 6.07) is 7.08. The number of carbonyl (C=O) groups is 2. The molecule has 0 saturated heterocycles. The molecule has 2 rings (SSSR count). The molecular formula is C14H14N2O3S. The van der Waals surface area contributed by atoms with E-state index in [0.717, 1.165) is 4.88 Å². The van der Waals surface area contributed by atoms with Crippen LogP contribution in [0.25, 0.3) is 6.08 Å². The van der Waals surface area contributed by atoms with Crippen LogP contribution in [-0.4, -0.2) is 24.9 Å². The summed E-state index contributed by atoms with van der Waals surface area (Å²) in [6.07, 6.45) is 4.66. The van der Waals surface area contributed by atoms with Crippen molar-refractivity contribution < 1.29 is 14.0 Å². The third kappa shape index (κ3) is 4.40. The lowest BCUT2D eigenvalue weighted by molar-refractivity contribution is -0.116. The highest BCUT2D eigenvalue weighted by Gasteiger charge is 2.06. The third-order valence-corrected chi connectivity index (χ3v) is 3.23. The Morgan fingerprint density at radius 3 is 2.75 bits per heavy atom. The highest BCUT2D eigenvalue weighted by Crippen LogP contribution is 2.09. The van der Waals surface area contributed by atoms with E-state index in [0.29, 0.717) is 13.1 Å². The monoisotopic (exact) mass is 290 g/mol. The Morgan fingerprint density at radius 1 is 1.20 bits per heavy atom. The van der Waals surface area contributed by atoms with E-state index in [9.17, 15) is 9.59 Å². The molecule has 6 heteroatoms. The van der Waals surface area contributed by atoms with Crippen molar-refractivity contribution in [2.75, 3.05) is 13.1 Å². The maximum Gasteiger partial charge on any atom is 0.287 e. The van der Waals surface area contributed by atoms with Gasteiger partial charge in [-0.2, -0.15) is 0 Å². The molecule has 2 aromatic heterocycles. The second kappa shape index (κ2) is 7.30. The lowest BCUT2D eigenvalue weighted by Gasteiger charge is -2.03. The number of hydrogen-bond donors (Lipinski definition) is 2. The van der Waals surface area contributed by atoms with E-state index < -0.39 is 0 Å². The summed E-state index contributed by atoms with van der Waals surface area (Å²) in [5.74, 6) is -0.224. The Bertz CT molecular complexity index is 574. The van der Waals surface area contributed by atoms with E-state index in [1.165, 1.54) is 12.3 Å². The van der Waals surface area contributed by atoms with Crippen molar-refractivity contribution in [3.05, 3.63) is 52.6 Å². The molecule has 104 valence electrons. The minimum atomic E-state index is -0.293. The zero-order valence-electron chi connectivity index (χ0n) is 10.7. The van der Waals surface area contributed by atoms with Crippen molar-refractivity contribution in [3.8, 4) is 0 Å². The van der Waals surface area contributed by atoms with E-state index in [-0.39, 0.29) is 17.6 Å². The Balaban J connectivity index is 1.63. The van der Waals surface area contributed by atoms with Crippen molar-refractivity contribution in [2.24, 2.45) is 0 Å². The fourth-order valence-corrected chi connectivity index (χ4v) is 2.08. The van der Waals surface area contributed by atoms with Crippen molar-refractivity contribution in [1.29, 1.82) is 0 Å². The van der Waals surface area contributed by atoms with Gasteiger partial charge < -0.3 is 15.1 Å². The second-order valence-electron chi connectivity index (χ2n) is 3.87. The largest absolute Gasteiger partial charge is 0.459 e. The lowest BCUT2D eigenvalue weighted by Crippen LogP contribution is -2.33. The number of thiophene rings is 1. The first-order chi connectivity index (χ1) is 9.75. The molecule has 0 spiro atoms. The normalized spacial score (nSPS) is 10.6. The zero-order valence-corrected chi connectivity index (χ0v) is 11.5. The standard InChI is InChI=1S/C14H14N2O3S/c17-13(6-5-11-3-2-10-20-11)15-7-8-16-14(18)12-4-1-9-19-12/h1-6,9-10H,7-8H2,(H,15,17)(H,16,18)/b6-5+. The van der Waals surface area contributed by atoms with Crippen molar-refractivity contribution in [3.63, 3.8) is 0 Å². The minimum absolute atomic E-state index is 0.189. The molecule has 0 atom stereocenters. The molecule has 0 bridgehead atoms. The summed E-state index contributed by atoms with van der Waals surface area (Å²) in [6.45, 7) is 0.707. The van der Waals surface area contributed by atoms with E-state index in [1.807, 2.05) is 17.5 Å². The Hall–Kier alpha value is -2.34. The van der Waals surface area contributed by atoms with Crippen molar-refractivity contribution >= 4 is 29.2 Å². The van der Waals surface area contributed by atoms with Gasteiger partial charge in [0.05, 0.1) is 6.26 Å². The van der Waals surface area contributed by atoms with E-state index in [4.69, 9.17) is 4.42 Å². The average Bonchev–Trinajstić information content (AvgIpc) is 3.13. The minimum Gasteiger partial charge on any atom is -0.459 e. The van der Waals surface area contributed by atoms with Gasteiger partial charge in [0, 0.05) is 24.0 Å². The van der Waals surface area contributed by atoms with Crippen LogP contribution in [0.15, 0.2) is 46.4 Å². The molecule has 0 aliphatic carbocycles. The predicted octanol–water partition coefficient (Wildman–Crippen LogP) is 1.90. The summed E-state index contributed by atoms with van der Waals surface area (Å²) in [7, 11) is 0.